The third-order valence-electron chi connectivity index (χ3n) is 10.7. The SMILES string of the molecule is c1ccc(-c2cc(-c3ccc(-c4cc5ccccc5c5ccccc45)cc3)nc(-c3ccc(-c4nc5c6ccccc6sc5c5ccccc45)cc3)n2)cc1. The lowest BCUT2D eigenvalue weighted by Crippen LogP contribution is -1.96. The maximum Gasteiger partial charge on any atom is 0.160 e. The lowest BCUT2D eigenvalue weighted by atomic mass is 9.93. The van der Waals surface area contributed by atoms with Gasteiger partial charge >= 0.3 is 0 Å². The summed E-state index contributed by atoms with van der Waals surface area (Å²) in [7, 11) is 0. The Balaban J connectivity index is 1.01. The first-order chi connectivity index (χ1) is 27.2. The second-order valence-corrected chi connectivity index (χ2v) is 15.0. The van der Waals surface area contributed by atoms with E-state index in [0.29, 0.717) is 5.82 Å². The lowest BCUT2D eigenvalue weighted by molar-refractivity contribution is 1.18. The average Bonchev–Trinajstić information content (AvgIpc) is 3.65. The van der Waals surface area contributed by atoms with E-state index in [9.17, 15) is 0 Å². The largest absolute Gasteiger partial charge is 0.246 e. The maximum atomic E-state index is 5.31. The summed E-state index contributed by atoms with van der Waals surface area (Å²) in [6.07, 6.45) is 0. The summed E-state index contributed by atoms with van der Waals surface area (Å²) in [5.41, 5.74) is 10.3. The second kappa shape index (κ2) is 12.8. The monoisotopic (exact) mass is 717 g/mol. The van der Waals surface area contributed by atoms with Crippen molar-refractivity contribution in [2.45, 2.75) is 0 Å². The summed E-state index contributed by atoms with van der Waals surface area (Å²) >= 11 is 1.81. The van der Waals surface area contributed by atoms with E-state index >= 15 is 0 Å². The van der Waals surface area contributed by atoms with Crippen molar-refractivity contribution < 1.29 is 0 Å². The molecule has 0 spiro atoms. The third kappa shape index (κ3) is 5.38. The van der Waals surface area contributed by atoms with Gasteiger partial charge in [-0.3, -0.25) is 0 Å². The summed E-state index contributed by atoms with van der Waals surface area (Å²) < 4.78 is 2.49. The number of thiophene rings is 1. The van der Waals surface area contributed by atoms with Crippen molar-refractivity contribution in [3.63, 3.8) is 0 Å². The Labute approximate surface area is 321 Å². The standard InChI is InChI=1S/C51H31N3S/c1-2-12-33(13-3-1)45-31-46(34-24-22-32(23-25-34)44-30-37-14-4-5-15-38(37)39-16-6-7-17-40(39)44)53-51(52-45)36-28-26-35(27-29-36)48-41-18-8-9-19-42(41)50-49(54-48)43-20-10-11-21-47(43)55-50/h1-31H. The Kier molecular flexibility index (Phi) is 7.35. The highest BCUT2D eigenvalue weighted by molar-refractivity contribution is 7.26. The molecule has 3 nitrogen and oxygen atoms in total. The van der Waals surface area contributed by atoms with E-state index in [1.807, 2.05) is 17.4 Å². The van der Waals surface area contributed by atoms with Gasteiger partial charge in [-0.25, -0.2) is 15.0 Å². The molecule has 0 radical (unpaired) electrons. The van der Waals surface area contributed by atoms with E-state index in [1.165, 1.54) is 52.8 Å². The first kappa shape index (κ1) is 31.5. The Morgan fingerprint density at radius 1 is 0.345 bits per heavy atom. The summed E-state index contributed by atoms with van der Waals surface area (Å²) in [5.74, 6) is 0.685. The van der Waals surface area contributed by atoms with Crippen LogP contribution in [0.1, 0.15) is 0 Å². The molecule has 4 heteroatoms. The van der Waals surface area contributed by atoms with Gasteiger partial charge in [-0.15, -0.1) is 11.3 Å². The minimum atomic E-state index is 0.685. The highest BCUT2D eigenvalue weighted by atomic mass is 32.1. The van der Waals surface area contributed by atoms with E-state index < -0.39 is 0 Å². The van der Waals surface area contributed by atoms with Crippen molar-refractivity contribution in [2.24, 2.45) is 0 Å². The number of fused-ring (bicyclic) bond motifs is 8. The number of hydrogen-bond donors (Lipinski definition) is 0. The molecule has 0 saturated carbocycles. The Morgan fingerprint density at radius 2 is 0.891 bits per heavy atom. The summed E-state index contributed by atoms with van der Waals surface area (Å²) in [5, 5.41) is 8.61. The van der Waals surface area contributed by atoms with Crippen molar-refractivity contribution >= 4 is 64.0 Å². The van der Waals surface area contributed by atoms with E-state index in [4.69, 9.17) is 15.0 Å². The molecule has 0 atom stereocenters. The van der Waals surface area contributed by atoms with Crippen molar-refractivity contribution in [2.75, 3.05) is 0 Å². The molecule has 8 aromatic carbocycles. The number of pyridine rings is 1. The molecular formula is C51H31N3S. The molecule has 0 fully saturated rings. The lowest BCUT2D eigenvalue weighted by Gasteiger charge is -2.13. The average molecular weight is 718 g/mol. The topological polar surface area (TPSA) is 38.7 Å². The zero-order chi connectivity index (χ0) is 36.3. The quantitative estimate of drug-likeness (QED) is 0.166. The van der Waals surface area contributed by atoms with Crippen LogP contribution in [0.25, 0.3) is 109 Å². The molecule has 3 heterocycles. The molecule has 11 rings (SSSR count). The van der Waals surface area contributed by atoms with Crippen LogP contribution in [0.4, 0.5) is 0 Å². The molecule has 0 amide bonds. The molecule has 0 aliphatic heterocycles. The molecule has 11 aromatic rings. The molecule has 0 saturated heterocycles. The molecule has 55 heavy (non-hydrogen) atoms. The maximum absolute atomic E-state index is 5.31. The van der Waals surface area contributed by atoms with Crippen LogP contribution in [0.3, 0.4) is 0 Å². The molecule has 256 valence electrons. The van der Waals surface area contributed by atoms with Gasteiger partial charge in [0.15, 0.2) is 5.82 Å². The van der Waals surface area contributed by atoms with E-state index in [2.05, 4.69) is 182 Å². The highest BCUT2D eigenvalue weighted by Gasteiger charge is 2.16. The fraction of sp³-hybridized carbons (Fsp3) is 0. The number of nitrogens with zero attached hydrogens (tertiary/aromatic N) is 3. The van der Waals surface area contributed by atoms with Crippen LogP contribution in [0.5, 0.6) is 0 Å². The third-order valence-corrected chi connectivity index (χ3v) is 11.9. The fourth-order valence-electron chi connectivity index (χ4n) is 7.98. The number of hydrogen-bond acceptors (Lipinski definition) is 4. The van der Waals surface area contributed by atoms with Crippen LogP contribution >= 0.6 is 11.3 Å². The zero-order valence-corrected chi connectivity index (χ0v) is 30.5. The van der Waals surface area contributed by atoms with Crippen molar-refractivity contribution in [1.82, 2.24) is 15.0 Å². The van der Waals surface area contributed by atoms with Gasteiger partial charge in [0.2, 0.25) is 0 Å². The second-order valence-electron chi connectivity index (χ2n) is 14.0. The Bertz CT molecular complexity index is 3240. The van der Waals surface area contributed by atoms with Gasteiger partial charge in [-0.2, -0.15) is 0 Å². The van der Waals surface area contributed by atoms with Gasteiger partial charge < -0.3 is 0 Å². The fourth-order valence-corrected chi connectivity index (χ4v) is 9.16. The van der Waals surface area contributed by atoms with Crippen LogP contribution in [0, 0.1) is 0 Å². The minimum absolute atomic E-state index is 0.685. The number of rotatable bonds is 5. The van der Waals surface area contributed by atoms with Gasteiger partial charge in [-0.05, 0) is 50.9 Å². The van der Waals surface area contributed by atoms with Gasteiger partial charge in [0.05, 0.1) is 27.3 Å². The number of benzene rings is 8. The zero-order valence-electron chi connectivity index (χ0n) is 29.6. The van der Waals surface area contributed by atoms with Gasteiger partial charge in [0.1, 0.15) is 0 Å². The van der Waals surface area contributed by atoms with Crippen LogP contribution in [0.15, 0.2) is 188 Å². The molecule has 0 N–H and O–H groups in total. The highest BCUT2D eigenvalue weighted by Crippen LogP contribution is 2.41. The van der Waals surface area contributed by atoms with Crippen molar-refractivity contribution in [3.8, 4) is 56.3 Å². The molecular weight excluding hydrogens is 687 g/mol. The molecule has 0 bridgehead atoms. The predicted octanol–water partition coefficient (Wildman–Crippen LogP) is 14.0. The van der Waals surface area contributed by atoms with Crippen LogP contribution < -0.4 is 0 Å². The molecule has 0 aliphatic rings. The summed E-state index contributed by atoms with van der Waals surface area (Å²) in [4.78, 5) is 15.6. The van der Waals surface area contributed by atoms with Gasteiger partial charge in [0.25, 0.3) is 0 Å². The van der Waals surface area contributed by atoms with Gasteiger partial charge in [-0.1, -0.05) is 170 Å². The van der Waals surface area contributed by atoms with E-state index in [0.717, 1.165) is 50.2 Å². The van der Waals surface area contributed by atoms with Crippen LogP contribution in [-0.2, 0) is 0 Å². The van der Waals surface area contributed by atoms with E-state index in [1.54, 1.807) is 0 Å². The molecule has 0 unspecified atom stereocenters. The summed E-state index contributed by atoms with van der Waals surface area (Å²) in [6, 6.07) is 66.6. The van der Waals surface area contributed by atoms with Crippen molar-refractivity contribution in [1.29, 1.82) is 0 Å². The first-order valence-electron chi connectivity index (χ1n) is 18.5. The smallest absolute Gasteiger partial charge is 0.160 e. The predicted molar refractivity (Wildman–Crippen MR) is 232 cm³/mol. The van der Waals surface area contributed by atoms with Gasteiger partial charge in [0, 0.05) is 43.1 Å². The van der Waals surface area contributed by atoms with E-state index in [-0.39, 0.29) is 0 Å². The Morgan fingerprint density at radius 3 is 1.65 bits per heavy atom. The molecule has 3 aromatic heterocycles. The first-order valence-corrected chi connectivity index (χ1v) is 19.3. The summed E-state index contributed by atoms with van der Waals surface area (Å²) in [6.45, 7) is 0. The minimum Gasteiger partial charge on any atom is -0.246 e. The van der Waals surface area contributed by atoms with Crippen LogP contribution in [0.2, 0.25) is 0 Å². The van der Waals surface area contributed by atoms with Crippen LogP contribution in [-0.4, -0.2) is 15.0 Å². The Hall–Kier alpha value is -7.01. The molecule has 0 aliphatic carbocycles. The number of aromatic nitrogens is 3. The van der Waals surface area contributed by atoms with Crippen molar-refractivity contribution in [3.05, 3.63) is 188 Å². The normalized spacial score (nSPS) is 11.6.